The van der Waals surface area contributed by atoms with E-state index >= 15 is 4.57 Å². The molecule has 0 saturated heterocycles. The Labute approximate surface area is 244 Å². The molecule has 4 heteroatoms. The molecule has 3 nitrogen and oxygen atoms in total. The molecule has 208 valence electrons. The van der Waals surface area contributed by atoms with Gasteiger partial charge in [-0.25, -0.2) is 0 Å². The molecule has 0 aromatic heterocycles. The molecule has 0 aliphatic heterocycles. The molecular weight excluding hydrogens is 521 g/mol. The monoisotopic (exact) mass is 559 g/mol. The molecule has 0 amide bonds. The molecule has 0 saturated carbocycles. The molecule has 0 spiro atoms. The summed E-state index contributed by atoms with van der Waals surface area (Å²) in [6.45, 7) is 3.29. The molecule has 0 aliphatic rings. The normalized spacial score (nSPS) is 13.9. The zero-order chi connectivity index (χ0) is 28.5. The Hall–Kier alpha value is -3.75. The largest absolute Gasteiger partial charge is 0.391 e. The number of benzene rings is 5. The third kappa shape index (κ3) is 6.94. The first-order valence-electron chi connectivity index (χ1n) is 14.3. The van der Waals surface area contributed by atoms with Gasteiger partial charge in [0.05, 0.1) is 6.10 Å². The van der Waals surface area contributed by atoms with Gasteiger partial charge in [0.2, 0.25) is 0 Å². The van der Waals surface area contributed by atoms with Crippen LogP contribution in [0.4, 0.5) is 0 Å². The Morgan fingerprint density at radius 2 is 0.902 bits per heavy atom. The fourth-order valence-corrected chi connectivity index (χ4v) is 8.80. The van der Waals surface area contributed by atoms with Crippen LogP contribution in [0.3, 0.4) is 0 Å². The first kappa shape index (κ1) is 28.8. The number of aliphatic hydroxyl groups excluding tert-OH is 1. The maximum atomic E-state index is 15.3. The van der Waals surface area contributed by atoms with Gasteiger partial charge in [-0.2, -0.15) is 0 Å². The molecule has 0 heterocycles. The standard InChI is InChI=1S/C37H38NO2P/c1-30(41(40,34-23-13-5-14-24-34)35-25-15-6-16-26-35)37(39)36(27-31-17-7-2-8-18-31)38(28-32-19-9-3-10-20-32)29-33-21-11-4-12-22-33/h2-26,30,36-37,39H,27-29H2,1H3/t30-,36-,37-/m1/s1. The Morgan fingerprint density at radius 1 is 0.561 bits per heavy atom. The van der Waals surface area contributed by atoms with E-state index in [0.717, 1.165) is 16.2 Å². The topological polar surface area (TPSA) is 40.5 Å². The quantitative estimate of drug-likeness (QED) is 0.166. The molecule has 5 rings (SSSR count). The lowest BCUT2D eigenvalue weighted by Crippen LogP contribution is -2.50. The van der Waals surface area contributed by atoms with E-state index in [9.17, 15) is 5.11 Å². The van der Waals surface area contributed by atoms with Gasteiger partial charge in [0.1, 0.15) is 7.14 Å². The van der Waals surface area contributed by atoms with Gasteiger partial charge < -0.3 is 9.67 Å². The summed E-state index contributed by atoms with van der Waals surface area (Å²) in [6.07, 6.45) is -0.232. The van der Waals surface area contributed by atoms with Gasteiger partial charge in [-0.3, -0.25) is 4.90 Å². The maximum Gasteiger partial charge on any atom is 0.148 e. The van der Waals surface area contributed by atoms with Crippen LogP contribution in [-0.2, 0) is 24.1 Å². The Balaban J connectivity index is 1.59. The van der Waals surface area contributed by atoms with Crippen molar-refractivity contribution in [3.63, 3.8) is 0 Å². The molecular formula is C37H38NO2P. The van der Waals surface area contributed by atoms with Crippen LogP contribution in [0.2, 0.25) is 0 Å². The van der Waals surface area contributed by atoms with Gasteiger partial charge in [-0.05, 0) is 23.1 Å². The molecule has 0 aliphatic carbocycles. The Kier molecular flexibility index (Phi) is 9.64. The van der Waals surface area contributed by atoms with Crippen LogP contribution in [0.25, 0.3) is 0 Å². The van der Waals surface area contributed by atoms with E-state index in [2.05, 4.69) is 65.6 Å². The lowest BCUT2D eigenvalue weighted by atomic mass is 9.96. The van der Waals surface area contributed by atoms with E-state index in [4.69, 9.17) is 0 Å². The number of hydrogen-bond donors (Lipinski definition) is 1. The highest BCUT2D eigenvalue weighted by molar-refractivity contribution is 7.79. The molecule has 1 N–H and O–H groups in total. The molecule has 5 aromatic carbocycles. The smallest absolute Gasteiger partial charge is 0.148 e. The summed E-state index contributed by atoms with van der Waals surface area (Å²) < 4.78 is 15.3. The minimum absolute atomic E-state index is 0.284. The summed E-state index contributed by atoms with van der Waals surface area (Å²) in [5.41, 5.74) is 2.98. The van der Waals surface area contributed by atoms with Crippen molar-refractivity contribution in [3.8, 4) is 0 Å². The fourth-order valence-electron chi connectivity index (χ4n) is 5.70. The van der Waals surface area contributed by atoms with Crippen LogP contribution < -0.4 is 10.6 Å². The zero-order valence-corrected chi connectivity index (χ0v) is 24.4. The first-order valence-corrected chi connectivity index (χ1v) is 16.1. The van der Waals surface area contributed by atoms with Gasteiger partial charge in [0, 0.05) is 35.4 Å². The fraction of sp³-hybridized carbons (Fsp3) is 0.189. The second-order valence-electron chi connectivity index (χ2n) is 10.7. The van der Waals surface area contributed by atoms with Crippen molar-refractivity contribution in [2.75, 3.05) is 0 Å². The van der Waals surface area contributed by atoms with Crippen molar-refractivity contribution in [3.05, 3.63) is 168 Å². The van der Waals surface area contributed by atoms with Crippen molar-refractivity contribution in [2.45, 2.75) is 44.2 Å². The Morgan fingerprint density at radius 3 is 1.29 bits per heavy atom. The highest BCUT2D eigenvalue weighted by atomic mass is 31.2. The lowest BCUT2D eigenvalue weighted by Gasteiger charge is -2.40. The average molecular weight is 560 g/mol. The highest BCUT2D eigenvalue weighted by Gasteiger charge is 2.42. The molecule has 3 atom stereocenters. The van der Waals surface area contributed by atoms with Crippen molar-refractivity contribution in [1.82, 2.24) is 4.90 Å². The van der Waals surface area contributed by atoms with E-state index in [0.29, 0.717) is 19.5 Å². The van der Waals surface area contributed by atoms with Gasteiger partial charge in [-0.15, -0.1) is 0 Å². The predicted molar refractivity (Wildman–Crippen MR) is 171 cm³/mol. The van der Waals surface area contributed by atoms with Crippen LogP contribution in [0.5, 0.6) is 0 Å². The molecule has 5 aromatic rings. The highest BCUT2D eigenvalue weighted by Crippen LogP contribution is 2.50. The van der Waals surface area contributed by atoms with Crippen LogP contribution in [-0.4, -0.2) is 27.8 Å². The van der Waals surface area contributed by atoms with E-state index in [1.165, 1.54) is 11.1 Å². The van der Waals surface area contributed by atoms with E-state index in [1.54, 1.807) is 0 Å². The van der Waals surface area contributed by atoms with E-state index in [-0.39, 0.29) is 6.04 Å². The van der Waals surface area contributed by atoms with Gasteiger partial charge >= 0.3 is 0 Å². The summed E-state index contributed by atoms with van der Waals surface area (Å²) in [6, 6.07) is 50.2. The summed E-state index contributed by atoms with van der Waals surface area (Å²) in [5.74, 6) is 0. The molecule has 0 fully saturated rings. The molecule has 0 bridgehead atoms. The van der Waals surface area contributed by atoms with Gasteiger partial charge in [0.25, 0.3) is 0 Å². The number of rotatable bonds is 12. The van der Waals surface area contributed by atoms with Crippen LogP contribution in [0.1, 0.15) is 23.6 Å². The lowest BCUT2D eigenvalue weighted by molar-refractivity contribution is 0.0389. The number of nitrogens with zero attached hydrogens (tertiary/aromatic N) is 1. The Bertz CT molecular complexity index is 1430. The van der Waals surface area contributed by atoms with Crippen molar-refractivity contribution < 1.29 is 9.67 Å². The van der Waals surface area contributed by atoms with E-state index in [1.807, 2.05) is 97.9 Å². The number of aliphatic hydroxyl groups is 1. The maximum absolute atomic E-state index is 15.3. The van der Waals surface area contributed by atoms with Crippen LogP contribution in [0, 0.1) is 0 Å². The average Bonchev–Trinajstić information content (AvgIpc) is 3.04. The van der Waals surface area contributed by atoms with E-state index < -0.39 is 18.9 Å². The summed E-state index contributed by atoms with van der Waals surface area (Å²) >= 11 is 0. The third-order valence-corrected chi connectivity index (χ3v) is 11.5. The second-order valence-corrected chi connectivity index (χ2v) is 13.9. The molecule has 0 radical (unpaired) electrons. The minimum atomic E-state index is -3.21. The van der Waals surface area contributed by atoms with Crippen molar-refractivity contribution in [1.29, 1.82) is 0 Å². The predicted octanol–water partition coefficient (Wildman–Crippen LogP) is 7.06. The molecule has 0 unspecified atom stereocenters. The van der Waals surface area contributed by atoms with Gasteiger partial charge in [-0.1, -0.05) is 159 Å². The van der Waals surface area contributed by atoms with Crippen molar-refractivity contribution in [2.24, 2.45) is 0 Å². The first-order chi connectivity index (χ1) is 20.1. The number of hydrogen-bond acceptors (Lipinski definition) is 3. The molecule has 41 heavy (non-hydrogen) atoms. The van der Waals surface area contributed by atoms with Gasteiger partial charge in [0.15, 0.2) is 0 Å². The second kappa shape index (κ2) is 13.7. The summed E-state index contributed by atoms with van der Waals surface area (Å²) in [4.78, 5) is 2.36. The SMILES string of the molecule is C[C@H]([C@@H](O)[C@@H](Cc1ccccc1)N(Cc1ccccc1)Cc1ccccc1)P(=O)(c1ccccc1)c1ccccc1. The summed E-state index contributed by atoms with van der Waals surface area (Å²) in [7, 11) is -3.21. The van der Waals surface area contributed by atoms with Crippen LogP contribution in [0.15, 0.2) is 152 Å². The minimum Gasteiger partial charge on any atom is -0.391 e. The summed E-state index contributed by atoms with van der Waals surface area (Å²) in [5, 5.41) is 14.0. The van der Waals surface area contributed by atoms with Crippen LogP contribution >= 0.6 is 7.14 Å². The zero-order valence-electron chi connectivity index (χ0n) is 23.5. The third-order valence-electron chi connectivity index (χ3n) is 7.96. The van der Waals surface area contributed by atoms with Crippen molar-refractivity contribution >= 4 is 17.8 Å².